The van der Waals surface area contributed by atoms with Gasteiger partial charge < -0.3 is 10.2 Å². The number of benzene rings is 2. The van der Waals surface area contributed by atoms with Gasteiger partial charge in [-0.05, 0) is 64.5 Å². The number of fused-ring (bicyclic) bond motifs is 1. The number of nitrogens with one attached hydrogen (secondary N) is 2. The lowest BCUT2D eigenvalue weighted by molar-refractivity contribution is -0.136. The molecule has 0 radical (unpaired) electrons. The van der Waals surface area contributed by atoms with E-state index in [0.717, 1.165) is 68.4 Å². The van der Waals surface area contributed by atoms with Gasteiger partial charge in [0.1, 0.15) is 10.5 Å². The zero-order chi connectivity index (χ0) is 35.1. The van der Waals surface area contributed by atoms with E-state index >= 15 is 0 Å². The summed E-state index contributed by atoms with van der Waals surface area (Å²) in [5, 5.41) is 9.96. The average Bonchev–Trinajstić information content (AvgIpc) is 3.35. The third kappa shape index (κ3) is 6.89. The van der Waals surface area contributed by atoms with Gasteiger partial charge in [0.15, 0.2) is 0 Å². The van der Waals surface area contributed by atoms with Crippen molar-refractivity contribution in [2.75, 3.05) is 51.6 Å². The van der Waals surface area contributed by atoms with Crippen LogP contribution in [0.15, 0.2) is 57.9 Å². The first kappa shape index (κ1) is 34.2. The van der Waals surface area contributed by atoms with Crippen LogP contribution < -0.4 is 16.2 Å². The van der Waals surface area contributed by atoms with E-state index in [0.29, 0.717) is 28.1 Å². The van der Waals surface area contributed by atoms with Gasteiger partial charge in [-0.1, -0.05) is 36.4 Å². The topological polar surface area (TPSA) is 140 Å². The van der Waals surface area contributed by atoms with Crippen molar-refractivity contribution < 1.29 is 19.2 Å². The van der Waals surface area contributed by atoms with Crippen LogP contribution in [-0.2, 0) is 29.7 Å². The number of likely N-dealkylation sites (tertiary alicyclic amines) is 1. The fourth-order valence-electron chi connectivity index (χ4n) is 7.71. The fraction of sp³-hybridized carbons (Fsp3) is 0.444. The first-order valence-electron chi connectivity index (χ1n) is 17.1. The number of aromatic nitrogens is 2. The molecular formula is C36H41BrN8O5. The highest BCUT2D eigenvalue weighted by Gasteiger charge is 2.45. The van der Waals surface area contributed by atoms with Gasteiger partial charge in [0, 0.05) is 71.9 Å². The Kier molecular flexibility index (Phi) is 9.70. The van der Waals surface area contributed by atoms with E-state index in [1.54, 1.807) is 25.4 Å². The van der Waals surface area contributed by atoms with Gasteiger partial charge in [-0.3, -0.25) is 44.0 Å². The number of carbonyl (C=O) groups excluding carboxylic acids is 4. The second kappa shape index (κ2) is 14.2. The largest absolute Gasteiger partial charge is 0.379 e. The molecule has 50 heavy (non-hydrogen) atoms. The fourth-order valence-corrected chi connectivity index (χ4v) is 8.19. The predicted molar refractivity (Wildman–Crippen MR) is 190 cm³/mol. The van der Waals surface area contributed by atoms with E-state index in [1.807, 2.05) is 6.07 Å². The lowest BCUT2D eigenvalue weighted by atomic mass is 9.87. The second-order valence-corrected chi connectivity index (χ2v) is 14.7. The number of hydrogen-bond donors (Lipinski definition) is 2. The molecule has 0 aliphatic carbocycles. The zero-order valence-electron chi connectivity index (χ0n) is 28.2. The molecule has 1 aromatic heterocycles. The summed E-state index contributed by atoms with van der Waals surface area (Å²) in [6, 6.07) is 13.5. The molecule has 3 saturated heterocycles. The number of amides is 4. The standard InChI is InChI=1S/C36H41BrN8O5/c1-41-19-25(16-26(21-41)39-28-17-38-42(2)36(50)32(28)37)23-8-6-22(7-9-23)18-43-12-14-44(15-13-43)20-24-4-3-5-27-31(24)35(49)45(34(27)48)29-10-11-30(46)40-33(29)47/h3-9,17,25-26,29,39H,10-16,18-21H2,1-2H3,(H,40,46,47)/t25-,26+,29?/m0/s1. The number of piperidine rings is 2. The Hall–Kier alpha value is -4.24. The van der Waals surface area contributed by atoms with Gasteiger partial charge >= 0.3 is 0 Å². The van der Waals surface area contributed by atoms with Crippen LogP contribution in [0.2, 0.25) is 0 Å². The third-order valence-electron chi connectivity index (χ3n) is 10.3. The van der Waals surface area contributed by atoms with Crippen LogP contribution in [0.1, 0.15) is 62.6 Å². The number of nitrogens with zero attached hydrogens (tertiary/aromatic N) is 6. The Morgan fingerprint density at radius 1 is 0.900 bits per heavy atom. The molecule has 1 unspecified atom stereocenters. The molecule has 0 spiro atoms. The van der Waals surface area contributed by atoms with E-state index in [4.69, 9.17) is 0 Å². The van der Waals surface area contributed by atoms with Crippen molar-refractivity contribution in [2.45, 2.75) is 50.4 Å². The molecule has 0 bridgehead atoms. The smallest absolute Gasteiger partial charge is 0.282 e. The Morgan fingerprint density at radius 3 is 2.34 bits per heavy atom. The molecule has 7 rings (SSSR count). The number of imide groups is 2. The number of halogens is 1. The summed E-state index contributed by atoms with van der Waals surface area (Å²) in [7, 11) is 3.77. The molecule has 262 valence electrons. The number of piperazine rings is 1. The number of anilines is 1. The first-order chi connectivity index (χ1) is 24.0. The Balaban J connectivity index is 0.929. The summed E-state index contributed by atoms with van der Waals surface area (Å²) in [5.74, 6) is -1.56. The molecule has 4 amide bonds. The van der Waals surface area contributed by atoms with Gasteiger partial charge in [0.05, 0.1) is 23.0 Å². The number of likely N-dealkylation sites (N-methyl/N-ethyl adjacent to an activating group) is 1. The van der Waals surface area contributed by atoms with E-state index in [2.05, 4.69) is 77.7 Å². The minimum absolute atomic E-state index is 0.0954. The molecule has 4 aliphatic rings. The van der Waals surface area contributed by atoms with Gasteiger partial charge in [-0.15, -0.1) is 0 Å². The maximum atomic E-state index is 13.5. The minimum atomic E-state index is -0.971. The Labute approximate surface area is 298 Å². The lowest BCUT2D eigenvalue weighted by Crippen LogP contribution is -2.54. The van der Waals surface area contributed by atoms with Crippen LogP contribution in [0, 0.1) is 0 Å². The van der Waals surface area contributed by atoms with Crippen LogP contribution in [0.3, 0.4) is 0 Å². The van der Waals surface area contributed by atoms with Crippen molar-refractivity contribution in [3.8, 4) is 0 Å². The van der Waals surface area contributed by atoms with Crippen LogP contribution in [0.4, 0.5) is 5.69 Å². The zero-order valence-corrected chi connectivity index (χ0v) is 29.8. The third-order valence-corrected chi connectivity index (χ3v) is 11.1. The highest BCUT2D eigenvalue weighted by molar-refractivity contribution is 9.10. The highest BCUT2D eigenvalue weighted by atomic mass is 79.9. The van der Waals surface area contributed by atoms with Crippen molar-refractivity contribution in [1.29, 1.82) is 0 Å². The van der Waals surface area contributed by atoms with Crippen LogP contribution in [0.25, 0.3) is 0 Å². The van der Waals surface area contributed by atoms with E-state index < -0.39 is 23.8 Å². The van der Waals surface area contributed by atoms with Crippen LogP contribution in [0.5, 0.6) is 0 Å². The molecule has 13 nitrogen and oxygen atoms in total. The number of rotatable bonds is 8. The van der Waals surface area contributed by atoms with Gasteiger partial charge in [-0.2, -0.15) is 5.10 Å². The lowest BCUT2D eigenvalue weighted by Gasteiger charge is -2.37. The monoisotopic (exact) mass is 744 g/mol. The molecule has 0 saturated carbocycles. The molecule has 3 fully saturated rings. The summed E-state index contributed by atoms with van der Waals surface area (Å²) in [4.78, 5) is 71.3. The first-order valence-corrected chi connectivity index (χ1v) is 17.9. The van der Waals surface area contributed by atoms with E-state index in [9.17, 15) is 24.0 Å². The molecule has 3 aromatic rings. The summed E-state index contributed by atoms with van der Waals surface area (Å²) in [6.45, 7) is 6.62. The van der Waals surface area contributed by atoms with Crippen LogP contribution >= 0.6 is 15.9 Å². The average molecular weight is 746 g/mol. The van der Waals surface area contributed by atoms with Gasteiger partial charge in [0.25, 0.3) is 17.4 Å². The number of aryl methyl sites for hydroxylation is 1. The molecule has 3 atom stereocenters. The molecule has 14 heteroatoms. The maximum Gasteiger partial charge on any atom is 0.282 e. The summed E-state index contributed by atoms with van der Waals surface area (Å²) in [6.07, 6.45) is 2.88. The minimum Gasteiger partial charge on any atom is -0.379 e. The normalized spacial score (nSPS) is 23.7. The van der Waals surface area contributed by atoms with E-state index in [1.165, 1.54) is 15.8 Å². The second-order valence-electron chi connectivity index (χ2n) is 13.9. The SMILES string of the molecule is CN1C[C@H](Nc2cnn(C)c(=O)c2Br)C[C@H](c2ccc(CN3CCN(Cc4cccc5c4C(=O)N(C4CCC(=O)NC4=O)C5=O)CC3)cc2)C1. The molecule has 4 aliphatic heterocycles. The predicted octanol–water partition coefficient (Wildman–Crippen LogP) is 2.16. The van der Waals surface area contributed by atoms with Crippen molar-refractivity contribution in [1.82, 2.24) is 34.7 Å². The Bertz CT molecular complexity index is 1890. The summed E-state index contributed by atoms with van der Waals surface area (Å²) >= 11 is 3.43. The van der Waals surface area contributed by atoms with Gasteiger partial charge in [-0.25, -0.2) is 4.68 Å². The number of carbonyl (C=O) groups is 4. The van der Waals surface area contributed by atoms with E-state index in [-0.39, 0.29) is 30.3 Å². The maximum absolute atomic E-state index is 13.5. The van der Waals surface area contributed by atoms with Crippen molar-refractivity contribution in [3.05, 3.63) is 91.3 Å². The molecular weight excluding hydrogens is 704 g/mol. The van der Waals surface area contributed by atoms with Crippen molar-refractivity contribution in [2.24, 2.45) is 7.05 Å². The number of hydrogen-bond acceptors (Lipinski definition) is 10. The molecule has 2 N–H and O–H groups in total. The van der Waals surface area contributed by atoms with Crippen molar-refractivity contribution >= 4 is 45.2 Å². The summed E-state index contributed by atoms with van der Waals surface area (Å²) < 4.78 is 1.81. The van der Waals surface area contributed by atoms with Crippen LogP contribution in [-0.4, -0.2) is 111 Å². The molecule has 5 heterocycles. The highest BCUT2D eigenvalue weighted by Crippen LogP contribution is 2.32. The quantitative estimate of drug-likeness (QED) is 0.330. The molecule has 2 aromatic carbocycles. The van der Waals surface area contributed by atoms with Gasteiger partial charge in [0.2, 0.25) is 11.8 Å². The Morgan fingerprint density at radius 2 is 1.62 bits per heavy atom. The van der Waals surface area contributed by atoms with Crippen molar-refractivity contribution in [3.63, 3.8) is 0 Å². The summed E-state index contributed by atoms with van der Waals surface area (Å²) in [5.41, 5.74) is 4.58.